The Balaban J connectivity index is 2.63. The molecule has 4 nitrogen and oxygen atoms in total. The highest BCUT2D eigenvalue weighted by molar-refractivity contribution is 5.78. The number of hydrogen-bond acceptors (Lipinski definition) is 3. The number of nitrogens with one attached hydrogen (secondary N) is 1. The first-order valence-corrected chi connectivity index (χ1v) is 3.64. The average Bonchev–Trinajstić information content (AvgIpc) is 2.03. The van der Waals surface area contributed by atoms with Gasteiger partial charge in [-0.05, 0) is 18.6 Å². The minimum absolute atomic E-state index is 0.123. The number of anilines is 1. The monoisotopic (exact) mass is 165 g/mol. The van der Waals surface area contributed by atoms with Gasteiger partial charge in [-0.25, -0.2) is 4.98 Å². The first-order valence-electron chi connectivity index (χ1n) is 3.64. The van der Waals surface area contributed by atoms with Crippen molar-refractivity contribution >= 4 is 11.7 Å². The molecular weight excluding hydrogens is 154 g/mol. The van der Waals surface area contributed by atoms with Crippen LogP contribution in [-0.4, -0.2) is 17.4 Å². The molecule has 12 heavy (non-hydrogen) atoms. The summed E-state index contributed by atoms with van der Waals surface area (Å²) < 4.78 is 0. The summed E-state index contributed by atoms with van der Waals surface area (Å²) >= 11 is 0. The summed E-state index contributed by atoms with van der Waals surface area (Å²) in [4.78, 5) is 14.4. The second-order valence-corrected chi connectivity index (χ2v) is 2.49. The highest BCUT2D eigenvalue weighted by Gasteiger charge is 1.98. The molecule has 0 spiro atoms. The van der Waals surface area contributed by atoms with E-state index in [1.54, 1.807) is 6.20 Å². The van der Waals surface area contributed by atoms with Crippen molar-refractivity contribution in [3.63, 3.8) is 0 Å². The molecule has 1 amide bonds. The summed E-state index contributed by atoms with van der Waals surface area (Å²) in [6.45, 7) is 2.04. The maximum absolute atomic E-state index is 10.4. The fourth-order valence-corrected chi connectivity index (χ4v) is 0.842. The molecule has 1 aromatic rings. The van der Waals surface area contributed by atoms with Crippen LogP contribution in [0, 0.1) is 6.92 Å². The van der Waals surface area contributed by atoms with E-state index in [4.69, 9.17) is 5.73 Å². The second kappa shape index (κ2) is 3.71. The van der Waals surface area contributed by atoms with E-state index < -0.39 is 0 Å². The van der Waals surface area contributed by atoms with Gasteiger partial charge in [0.1, 0.15) is 5.82 Å². The number of nitrogens with two attached hydrogens (primary N) is 1. The van der Waals surface area contributed by atoms with Crippen LogP contribution in [0.2, 0.25) is 0 Å². The molecule has 1 aromatic heterocycles. The van der Waals surface area contributed by atoms with Gasteiger partial charge in [0.2, 0.25) is 5.91 Å². The van der Waals surface area contributed by atoms with E-state index >= 15 is 0 Å². The van der Waals surface area contributed by atoms with Gasteiger partial charge >= 0.3 is 0 Å². The summed E-state index contributed by atoms with van der Waals surface area (Å²) in [5.41, 5.74) is 5.96. The zero-order chi connectivity index (χ0) is 8.97. The predicted molar refractivity (Wildman–Crippen MR) is 46.7 cm³/mol. The second-order valence-electron chi connectivity index (χ2n) is 2.49. The summed E-state index contributed by atoms with van der Waals surface area (Å²) in [5.74, 6) is 0.316. The van der Waals surface area contributed by atoms with Crippen molar-refractivity contribution in [2.75, 3.05) is 11.9 Å². The molecule has 0 atom stereocenters. The summed E-state index contributed by atoms with van der Waals surface area (Å²) in [6, 6.07) is 3.75. The van der Waals surface area contributed by atoms with Crippen LogP contribution in [0.3, 0.4) is 0 Å². The van der Waals surface area contributed by atoms with Gasteiger partial charge in [0.15, 0.2) is 0 Å². The fraction of sp³-hybridized carbons (Fsp3) is 0.250. The van der Waals surface area contributed by atoms with Crippen LogP contribution in [0.15, 0.2) is 18.3 Å². The molecular formula is C8H11N3O. The SMILES string of the molecule is Cc1cccnc1NCC(N)=O. The van der Waals surface area contributed by atoms with E-state index in [2.05, 4.69) is 10.3 Å². The minimum atomic E-state index is -0.389. The number of aromatic nitrogens is 1. The van der Waals surface area contributed by atoms with Crippen molar-refractivity contribution in [3.8, 4) is 0 Å². The molecule has 0 saturated heterocycles. The first kappa shape index (κ1) is 8.52. The van der Waals surface area contributed by atoms with E-state index in [1.165, 1.54) is 0 Å². The molecule has 0 radical (unpaired) electrons. The highest BCUT2D eigenvalue weighted by atomic mass is 16.1. The van der Waals surface area contributed by atoms with E-state index in [-0.39, 0.29) is 12.5 Å². The molecule has 0 fully saturated rings. The number of carbonyl (C=O) groups excluding carboxylic acids is 1. The normalized spacial score (nSPS) is 9.42. The van der Waals surface area contributed by atoms with Crippen LogP contribution in [0.4, 0.5) is 5.82 Å². The fourth-order valence-electron chi connectivity index (χ4n) is 0.842. The van der Waals surface area contributed by atoms with Crippen molar-refractivity contribution < 1.29 is 4.79 Å². The Labute approximate surface area is 70.8 Å². The molecule has 0 aliphatic rings. The molecule has 0 aliphatic heterocycles. The molecule has 3 N–H and O–H groups in total. The zero-order valence-electron chi connectivity index (χ0n) is 6.87. The quantitative estimate of drug-likeness (QED) is 0.676. The molecule has 0 aliphatic carbocycles. The highest BCUT2D eigenvalue weighted by Crippen LogP contribution is 2.07. The Morgan fingerprint density at radius 1 is 1.75 bits per heavy atom. The van der Waals surface area contributed by atoms with Gasteiger partial charge in [0.25, 0.3) is 0 Å². The predicted octanol–water partition coefficient (Wildman–Crippen LogP) is 0.287. The lowest BCUT2D eigenvalue weighted by Gasteiger charge is -2.04. The third-order valence-electron chi connectivity index (χ3n) is 1.44. The Morgan fingerprint density at radius 2 is 2.50 bits per heavy atom. The zero-order valence-corrected chi connectivity index (χ0v) is 6.87. The van der Waals surface area contributed by atoms with E-state index in [0.717, 1.165) is 5.56 Å². The van der Waals surface area contributed by atoms with E-state index in [0.29, 0.717) is 5.82 Å². The van der Waals surface area contributed by atoms with Gasteiger partial charge in [-0.3, -0.25) is 4.79 Å². The van der Waals surface area contributed by atoms with Crippen LogP contribution in [-0.2, 0) is 4.79 Å². The lowest BCUT2D eigenvalue weighted by molar-refractivity contribution is -0.116. The summed E-state index contributed by atoms with van der Waals surface area (Å²) in [5, 5.41) is 2.83. The molecule has 1 rings (SSSR count). The number of aryl methyl sites for hydroxylation is 1. The van der Waals surface area contributed by atoms with Crippen LogP contribution in [0.1, 0.15) is 5.56 Å². The standard InChI is InChI=1S/C8H11N3O/c1-6-3-2-4-10-8(6)11-5-7(9)12/h2-4H,5H2,1H3,(H2,9,12)(H,10,11). The number of pyridine rings is 1. The third-order valence-corrected chi connectivity index (χ3v) is 1.44. The van der Waals surface area contributed by atoms with Gasteiger partial charge < -0.3 is 11.1 Å². The number of carbonyl (C=O) groups is 1. The maximum atomic E-state index is 10.4. The van der Waals surface area contributed by atoms with Crippen molar-refractivity contribution in [2.24, 2.45) is 5.73 Å². The van der Waals surface area contributed by atoms with Gasteiger partial charge in [-0.15, -0.1) is 0 Å². The molecule has 0 saturated carbocycles. The van der Waals surface area contributed by atoms with Crippen molar-refractivity contribution in [1.29, 1.82) is 0 Å². The number of primary amides is 1. The Kier molecular flexibility index (Phi) is 2.63. The van der Waals surface area contributed by atoms with Crippen molar-refractivity contribution in [3.05, 3.63) is 23.9 Å². The number of nitrogens with zero attached hydrogens (tertiary/aromatic N) is 1. The number of rotatable bonds is 3. The minimum Gasteiger partial charge on any atom is -0.368 e. The Hall–Kier alpha value is -1.58. The van der Waals surface area contributed by atoms with Gasteiger partial charge in [-0.1, -0.05) is 6.07 Å². The Bertz CT molecular complexity index is 285. The van der Waals surface area contributed by atoms with Gasteiger partial charge in [0, 0.05) is 6.20 Å². The molecule has 0 aromatic carbocycles. The number of amides is 1. The molecule has 4 heteroatoms. The summed E-state index contributed by atoms with van der Waals surface area (Å²) in [7, 11) is 0. The molecule has 0 unspecified atom stereocenters. The van der Waals surface area contributed by atoms with Gasteiger partial charge in [-0.2, -0.15) is 0 Å². The molecule has 64 valence electrons. The van der Waals surface area contributed by atoms with Crippen molar-refractivity contribution in [2.45, 2.75) is 6.92 Å². The third kappa shape index (κ3) is 2.23. The number of hydrogen-bond donors (Lipinski definition) is 2. The van der Waals surface area contributed by atoms with Crippen LogP contribution >= 0.6 is 0 Å². The van der Waals surface area contributed by atoms with Crippen LogP contribution in [0.25, 0.3) is 0 Å². The van der Waals surface area contributed by atoms with Crippen molar-refractivity contribution in [1.82, 2.24) is 4.98 Å². The Morgan fingerprint density at radius 3 is 3.08 bits per heavy atom. The lowest BCUT2D eigenvalue weighted by atomic mass is 10.3. The van der Waals surface area contributed by atoms with E-state index in [1.807, 2.05) is 19.1 Å². The van der Waals surface area contributed by atoms with Crippen LogP contribution < -0.4 is 11.1 Å². The summed E-state index contributed by atoms with van der Waals surface area (Å²) in [6.07, 6.45) is 1.66. The topological polar surface area (TPSA) is 68.0 Å². The molecule has 1 heterocycles. The van der Waals surface area contributed by atoms with E-state index in [9.17, 15) is 4.79 Å². The average molecular weight is 165 g/mol. The first-order chi connectivity index (χ1) is 5.70. The lowest BCUT2D eigenvalue weighted by Crippen LogP contribution is -2.22. The molecule has 0 bridgehead atoms. The van der Waals surface area contributed by atoms with Crippen LogP contribution in [0.5, 0.6) is 0 Å². The maximum Gasteiger partial charge on any atom is 0.236 e. The van der Waals surface area contributed by atoms with Gasteiger partial charge in [0.05, 0.1) is 6.54 Å². The smallest absolute Gasteiger partial charge is 0.236 e. The largest absolute Gasteiger partial charge is 0.368 e.